The van der Waals surface area contributed by atoms with E-state index in [1.807, 2.05) is 7.11 Å². The molecule has 1 N–H and O–H groups in total. The van der Waals surface area contributed by atoms with Gasteiger partial charge >= 0.3 is 0 Å². The van der Waals surface area contributed by atoms with Crippen LogP contribution in [-0.2, 0) is 6.42 Å². The number of hydrogen-bond acceptors (Lipinski definition) is 2. The van der Waals surface area contributed by atoms with Gasteiger partial charge in [-0.15, -0.1) is 0 Å². The molecular weight excluding hydrogens is 270 g/mol. The van der Waals surface area contributed by atoms with Gasteiger partial charge in [0.05, 0.1) is 7.11 Å². The van der Waals surface area contributed by atoms with Crippen molar-refractivity contribution >= 4 is 0 Å². The van der Waals surface area contributed by atoms with Crippen LogP contribution in [0.5, 0.6) is 5.75 Å². The highest BCUT2D eigenvalue weighted by Crippen LogP contribution is 2.39. The third-order valence-corrected chi connectivity index (χ3v) is 5.64. The van der Waals surface area contributed by atoms with E-state index in [4.69, 9.17) is 4.74 Å². The highest BCUT2D eigenvalue weighted by atomic mass is 16.5. The zero-order valence-corrected chi connectivity index (χ0v) is 14.2. The van der Waals surface area contributed by atoms with Crippen molar-refractivity contribution in [3.05, 3.63) is 29.3 Å². The number of rotatable bonds is 4. The zero-order chi connectivity index (χ0) is 15.4. The van der Waals surface area contributed by atoms with Crippen LogP contribution >= 0.6 is 0 Å². The lowest BCUT2D eigenvalue weighted by molar-refractivity contribution is 0.336. The van der Waals surface area contributed by atoms with E-state index < -0.39 is 0 Å². The Labute approximate surface area is 135 Å². The van der Waals surface area contributed by atoms with Crippen LogP contribution in [0.2, 0.25) is 0 Å². The van der Waals surface area contributed by atoms with Crippen LogP contribution in [0.1, 0.15) is 68.9 Å². The SMILES string of the molecule is COc1ccc(CC2CCCCN2)cc1C1CCC(C)CC1. The molecule has 0 aromatic heterocycles. The molecule has 1 unspecified atom stereocenters. The summed E-state index contributed by atoms with van der Waals surface area (Å²) in [6.45, 7) is 3.58. The van der Waals surface area contributed by atoms with Gasteiger partial charge in [-0.2, -0.15) is 0 Å². The predicted molar refractivity (Wildman–Crippen MR) is 92.7 cm³/mol. The van der Waals surface area contributed by atoms with Crippen molar-refractivity contribution in [3.63, 3.8) is 0 Å². The summed E-state index contributed by atoms with van der Waals surface area (Å²) in [7, 11) is 1.81. The highest BCUT2D eigenvalue weighted by Gasteiger charge is 2.23. The van der Waals surface area contributed by atoms with Crippen molar-refractivity contribution in [1.82, 2.24) is 5.32 Å². The van der Waals surface area contributed by atoms with Crippen LogP contribution < -0.4 is 10.1 Å². The third kappa shape index (κ3) is 3.84. The van der Waals surface area contributed by atoms with E-state index in [-0.39, 0.29) is 0 Å². The van der Waals surface area contributed by atoms with E-state index >= 15 is 0 Å². The molecular formula is C20H31NO. The summed E-state index contributed by atoms with van der Waals surface area (Å²) in [4.78, 5) is 0. The fraction of sp³-hybridized carbons (Fsp3) is 0.700. The first-order valence-corrected chi connectivity index (χ1v) is 9.16. The summed E-state index contributed by atoms with van der Waals surface area (Å²) >= 11 is 0. The van der Waals surface area contributed by atoms with Gasteiger partial charge in [-0.3, -0.25) is 0 Å². The summed E-state index contributed by atoms with van der Waals surface area (Å²) in [5.74, 6) is 2.70. The van der Waals surface area contributed by atoms with Gasteiger partial charge in [-0.1, -0.05) is 38.3 Å². The number of piperidine rings is 1. The molecule has 0 radical (unpaired) electrons. The fourth-order valence-corrected chi connectivity index (χ4v) is 4.18. The van der Waals surface area contributed by atoms with Gasteiger partial charge in [0.1, 0.15) is 5.75 Å². The smallest absolute Gasteiger partial charge is 0.122 e. The van der Waals surface area contributed by atoms with E-state index in [9.17, 15) is 0 Å². The largest absolute Gasteiger partial charge is 0.496 e. The number of methoxy groups -OCH3 is 1. The Morgan fingerprint density at radius 1 is 1.09 bits per heavy atom. The van der Waals surface area contributed by atoms with Gasteiger partial charge in [0, 0.05) is 6.04 Å². The average molecular weight is 301 g/mol. The van der Waals surface area contributed by atoms with Gasteiger partial charge in [0.15, 0.2) is 0 Å². The summed E-state index contributed by atoms with van der Waals surface area (Å²) in [5, 5.41) is 3.67. The second kappa shape index (κ2) is 7.50. The lowest BCUT2D eigenvalue weighted by atomic mass is 9.78. The van der Waals surface area contributed by atoms with Gasteiger partial charge in [-0.05, 0) is 67.7 Å². The number of nitrogens with one attached hydrogen (secondary N) is 1. The fourth-order valence-electron chi connectivity index (χ4n) is 4.18. The van der Waals surface area contributed by atoms with Crippen molar-refractivity contribution in [2.45, 2.75) is 70.3 Å². The Morgan fingerprint density at radius 2 is 1.91 bits per heavy atom. The molecule has 2 aliphatic rings. The van der Waals surface area contributed by atoms with Crippen LogP contribution in [0.25, 0.3) is 0 Å². The van der Waals surface area contributed by atoms with E-state index in [1.54, 1.807) is 0 Å². The first kappa shape index (κ1) is 15.9. The summed E-state index contributed by atoms with van der Waals surface area (Å²) in [6, 6.07) is 7.58. The maximum absolute atomic E-state index is 5.65. The molecule has 1 aromatic carbocycles. The number of ether oxygens (including phenoxy) is 1. The summed E-state index contributed by atoms with van der Waals surface area (Å²) < 4.78 is 5.65. The summed E-state index contributed by atoms with van der Waals surface area (Å²) in [6.07, 6.45) is 10.6. The molecule has 0 bridgehead atoms. The van der Waals surface area contributed by atoms with Crippen LogP contribution in [0.4, 0.5) is 0 Å². The standard InChI is InChI=1S/C20H31NO/c1-15-6-9-17(10-7-15)19-14-16(8-11-20(19)22-2)13-18-5-3-4-12-21-18/h8,11,14-15,17-18,21H,3-7,9-10,12-13H2,1-2H3. The van der Waals surface area contributed by atoms with Crippen molar-refractivity contribution in [2.75, 3.05) is 13.7 Å². The van der Waals surface area contributed by atoms with Crippen LogP contribution in [0.15, 0.2) is 18.2 Å². The molecule has 1 heterocycles. The maximum Gasteiger partial charge on any atom is 0.122 e. The molecule has 1 atom stereocenters. The lowest BCUT2D eigenvalue weighted by Crippen LogP contribution is -2.35. The van der Waals surface area contributed by atoms with Crippen LogP contribution in [-0.4, -0.2) is 19.7 Å². The van der Waals surface area contributed by atoms with Crippen molar-refractivity contribution in [1.29, 1.82) is 0 Å². The lowest BCUT2D eigenvalue weighted by Gasteiger charge is -2.28. The van der Waals surface area contributed by atoms with E-state index in [0.29, 0.717) is 12.0 Å². The van der Waals surface area contributed by atoms with Gasteiger partial charge in [0.2, 0.25) is 0 Å². The monoisotopic (exact) mass is 301 g/mol. The summed E-state index contributed by atoms with van der Waals surface area (Å²) in [5.41, 5.74) is 2.94. The number of benzene rings is 1. The molecule has 1 aliphatic carbocycles. The zero-order valence-electron chi connectivity index (χ0n) is 14.2. The first-order valence-electron chi connectivity index (χ1n) is 9.16. The Kier molecular flexibility index (Phi) is 5.41. The minimum Gasteiger partial charge on any atom is -0.496 e. The Balaban J connectivity index is 1.73. The molecule has 1 aromatic rings. The van der Waals surface area contributed by atoms with Crippen LogP contribution in [0, 0.1) is 5.92 Å². The molecule has 22 heavy (non-hydrogen) atoms. The van der Waals surface area contributed by atoms with E-state index in [2.05, 4.69) is 30.4 Å². The Morgan fingerprint density at radius 3 is 2.59 bits per heavy atom. The van der Waals surface area contributed by atoms with Crippen molar-refractivity contribution < 1.29 is 4.74 Å². The predicted octanol–water partition coefficient (Wildman–Crippen LogP) is 4.67. The van der Waals surface area contributed by atoms with Crippen molar-refractivity contribution in [2.24, 2.45) is 5.92 Å². The maximum atomic E-state index is 5.65. The Bertz CT molecular complexity index is 471. The Hall–Kier alpha value is -1.02. The molecule has 0 amide bonds. The average Bonchev–Trinajstić information content (AvgIpc) is 2.56. The molecule has 1 saturated carbocycles. The van der Waals surface area contributed by atoms with Crippen LogP contribution in [0.3, 0.4) is 0 Å². The molecule has 2 fully saturated rings. The molecule has 1 aliphatic heterocycles. The van der Waals surface area contributed by atoms with Gasteiger partial charge in [-0.25, -0.2) is 0 Å². The molecule has 122 valence electrons. The van der Waals surface area contributed by atoms with Crippen molar-refractivity contribution in [3.8, 4) is 5.75 Å². The third-order valence-electron chi connectivity index (χ3n) is 5.64. The normalized spacial score (nSPS) is 29.3. The first-order chi connectivity index (χ1) is 10.8. The minimum atomic E-state index is 0.668. The molecule has 3 rings (SSSR count). The number of hydrogen-bond donors (Lipinski definition) is 1. The highest BCUT2D eigenvalue weighted by molar-refractivity contribution is 5.40. The quantitative estimate of drug-likeness (QED) is 0.872. The second-order valence-corrected chi connectivity index (χ2v) is 7.38. The molecule has 2 nitrogen and oxygen atoms in total. The topological polar surface area (TPSA) is 21.3 Å². The molecule has 1 saturated heterocycles. The van der Waals surface area contributed by atoms with E-state index in [0.717, 1.165) is 11.7 Å². The molecule has 2 heteroatoms. The van der Waals surface area contributed by atoms with Gasteiger partial charge in [0.25, 0.3) is 0 Å². The molecule has 0 spiro atoms. The minimum absolute atomic E-state index is 0.668. The second-order valence-electron chi connectivity index (χ2n) is 7.38. The van der Waals surface area contributed by atoms with Gasteiger partial charge < -0.3 is 10.1 Å². The van der Waals surface area contributed by atoms with E-state index in [1.165, 1.54) is 69.0 Å².